The van der Waals surface area contributed by atoms with Crippen molar-refractivity contribution in [2.75, 3.05) is 22.7 Å². The Labute approximate surface area is 135 Å². The van der Waals surface area contributed by atoms with Gasteiger partial charge in [0.2, 0.25) is 0 Å². The van der Waals surface area contributed by atoms with E-state index >= 15 is 0 Å². The molecular weight excluding hydrogens is 325 g/mol. The number of hydrogen-bond donors (Lipinski definition) is 1. The zero-order valence-corrected chi connectivity index (χ0v) is 14.0. The second-order valence-corrected chi connectivity index (χ2v) is 5.41. The summed E-state index contributed by atoms with van der Waals surface area (Å²) in [4.78, 5) is 2.38. The van der Waals surface area contributed by atoms with Crippen molar-refractivity contribution in [3.63, 3.8) is 0 Å². The summed E-state index contributed by atoms with van der Waals surface area (Å²) in [7, 11) is 0. The second-order valence-electron chi connectivity index (χ2n) is 4.73. The molecule has 3 rings (SSSR count). The summed E-state index contributed by atoms with van der Waals surface area (Å²) in [6.45, 7) is 4.10. The fourth-order valence-corrected chi connectivity index (χ4v) is 3.50. The van der Waals surface area contributed by atoms with Crippen molar-refractivity contribution >= 4 is 22.6 Å². The number of anilines is 2. The Kier molecular flexibility index (Phi) is 4.47. The molecule has 0 aromatic heterocycles. The van der Waals surface area contributed by atoms with E-state index in [0.717, 1.165) is 37.2 Å². The number of aryl methyl sites for hydroxylation is 2. The first-order valence-corrected chi connectivity index (χ1v) is 7.00. The first kappa shape index (κ1) is 14.4. The normalized spacial score (nSPS) is 18.0. The quantitative estimate of drug-likeness (QED) is 0.831. The van der Waals surface area contributed by atoms with E-state index < -0.39 is 11.3 Å². The summed E-state index contributed by atoms with van der Waals surface area (Å²) in [5, 5.41) is 0. The zero-order valence-electron chi connectivity index (χ0n) is 10.4. The van der Waals surface area contributed by atoms with Gasteiger partial charge in [0, 0.05) is 68.3 Å². The van der Waals surface area contributed by atoms with Crippen molar-refractivity contribution in [2.45, 2.75) is 26.2 Å². The third kappa shape index (κ3) is 2.38. The SMILES string of the molecule is Cc1cc2c3c(c1NS(=O)[O-])CCN3CCC2.[Y]. The van der Waals surface area contributed by atoms with Crippen LogP contribution in [0.4, 0.5) is 11.4 Å². The Balaban J connectivity index is 0.00000120. The van der Waals surface area contributed by atoms with Crippen LogP contribution in [0.5, 0.6) is 0 Å². The van der Waals surface area contributed by atoms with Gasteiger partial charge in [-0.15, -0.1) is 0 Å². The van der Waals surface area contributed by atoms with Crippen LogP contribution >= 0.6 is 0 Å². The van der Waals surface area contributed by atoms with Gasteiger partial charge in [-0.1, -0.05) is 6.07 Å². The molecule has 2 aliphatic rings. The van der Waals surface area contributed by atoms with Crippen molar-refractivity contribution in [1.82, 2.24) is 0 Å². The molecular formula is C12H15N2O2SY-. The predicted molar refractivity (Wildman–Crippen MR) is 68.0 cm³/mol. The maximum Gasteiger partial charge on any atom is 0.0535 e. The van der Waals surface area contributed by atoms with Crippen LogP contribution in [-0.4, -0.2) is 21.9 Å². The van der Waals surface area contributed by atoms with Crippen LogP contribution in [0, 0.1) is 6.92 Å². The molecule has 2 heterocycles. The number of nitrogens with one attached hydrogen (secondary N) is 1. The Morgan fingerprint density at radius 2 is 2.17 bits per heavy atom. The van der Waals surface area contributed by atoms with Crippen LogP contribution in [-0.2, 0) is 56.8 Å². The topological polar surface area (TPSA) is 55.4 Å². The van der Waals surface area contributed by atoms with Crippen molar-refractivity contribution in [2.24, 2.45) is 0 Å². The molecule has 1 unspecified atom stereocenters. The first-order chi connectivity index (χ1) is 8.16. The van der Waals surface area contributed by atoms with E-state index in [2.05, 4.69) is 15.7 Å². The minimum Gasteiger partial charge on any atom is -0.755 e. The molecule has 0 spiro atoms. The van der Waals surface area contributed by atoms with Gasteiger partial charge in [-0.05, 0) is 37.3 Å². The fourth-order valence-electron chi connectivity index (χ4n) is 3.05. The number of hydrogen-bond acceptors (Lipinski definition) is 3. The Bertz CT molecular complexity index is 507. The molecule has 4 nitrogen and oxygen atoms in total. The smallest absolute Gasteiger partial charge is 0.0535 e. The summed E-state index contributed by atoms with van der Waals surface area (Å²) in [5.41, 5.74) is 5.68. The Morgan fingerprint density at radius 3 is 2.89 bits per heavy atom. The molecule has 0 saturated carbocycles. The van der Waals surface area contributed by atoms with E-state index in [9.17, 15) is 8.76 Å². The monoisotopic (exact) mass is 340 g/mol. The number of benzene rings is 1. The van der Waals surface area contributed by atoms with Gasteiger partial charge in [-0.2, -0.15) is 0 Å². The Morgan fingerprint density at radius 1 is 1.39 bits per heavy atom. The average Bonchev–Trinajstić information content (AvgIpc) is 2.69. The summed E-state index contributed by atoms with van der Waals surface area (Å²) < 4.78 is 24.3. The van der Waals surface area contributed by atoms with Gasteiger partial charge in [0.15, 0.2) is 0 Å². The summed E-state index contributed by atoms with van der Waals surface area (Å²) in [6, 6.07) is 2.13. The van der Waals surface area contributed by atoms with E-state index in [4.69, 9.17) is 0 Å². The average molecular weight is 340 g/mol. The van der Waals surface area contributed by atoms with Crippen LogP contribution in [0.1, 0.15) is 23.1 Å². The van der Waals surface area contributed by atoms with Crippen LogP contribution in [0.25, 0.3) is 0 Å². The number of rotatable bonds is 2. The van der Waals surface area contributed by atoms with Crippen LogP contribution < -0.4 is 9.62 Å². The minimum atomic E-state index is -2.24. The summed E-state index contributed by atoms with van der Waals surface area (Å²) >= 11 is -2.24. The predicted octanol–water partition coefficient (Wildman–Crippen LogP) is 1.51. The molecule has 1 aromatic rings. The van der Waals surface area contributed by atoms with Gasteiger partial charge in [0.1, 0.15) is 0 Å². The maximum atomic E-state index is 10.8. The molecule has 0 amide bonds. The molecule has 1 radical (unpaired) electrons. The molecule has 1 N–H and O–H groups in total. The van der Waals surface area contributed by atoms with E-state index in [1.165, 1.54) is 23.2 Å². The van der Waals surface area contributed by atoms with Crippen molar-refractivity contribution in [3.8, 4) is 0 Å². The summed E-state index contributed by atoms with van der Waals surface area (Å²) in [6.07, 6.45) is 3.26. The molecule has 1 atom stereocenters. The molecule has 0 bridgehead atoms. The Hall–Kier alpha value is 0.0339. The molecule has 2 aliphatic heterocycles. The van der Waals surface area contributed by atoms with Crippen LogP contribution in [0.2, 0.25) is 0 Å². The first-order valence-electron chi connectivity index (χ1n) is 5.93. The van der Waals surface area contributed by atoms with Crippen LogP contribution in [0.3, 0.4) is 0 Å². The van der Waals surface area contributed by atoms with E-state index in [0.29, 0.717) is 0 Å². The van der Waals surface area contributed by atoms with Gasteiger partial charge in [0.05, 0.1) is 5.69 Å². The van der Waals surface area contributed by atoms with E-state index in [1.807, 2.05) is 6.92 Å². The van der Waals surface area contributed by atoms with Gasteiger partial charge in [-0.3, -0.25) is 4.21 Å². The third-order valence-corrected chi connectivity index (χ3v) is 4.06. The van der Waals surface area contributed by atoms with Crippen molar-refractivity contribution in [3.05, 3.63) is 22.8 Å². The van der Waals surface area contributed by atoms with E-state index in [1.54, 1.807) is 0 Å². The number of nitrogens with zero attached hydrogens (tertiary/aromatic N) is 1. The molecule has 1 aromatic carbocycles. The van der Waals surface area contributed by atoms with Gasteiger partial charge in [0.25, 0.3) is 0 Å². The third-order valence-electron chi connectivity index (χ3n) is 3.68. The van der Waals surface area contributed by atoms with Gasteiger partial charge in [-0.25, -0.2) is 0 Å². The van der Waals surface area contributed by atoms with Gasteiger partial charge >= 0.3 is 0 Å². The van der Waals surface area contributed by atoms with Crippen molar-refractivity contribution in [1.29, 1.82) is 0 Å². The summed E-state index contributed by atoms with van der Waals surface area (Å²) in [5.74, 6) is 0. The van der Waals surface area contributed by atoms with Gasteiger partial charge < -0.3 is 14.2 Å². The zero-order chi connectivity index (χ0) is 12.0. The van der Waals surface area contributed by atoms with Crippen LogP contribution in [0.15, 0.2) is 6.07 Å². The van der Waals surface area contributed by atoms with Crippen molar-refractivity contribution < 1.29 is 41.5 Å². The molecule has 0 fully saturated rings. The minimum absolute atomic E-state index is 0. The standard InChI is InChI=1S/C12H16N2O2S.Y/c1-8-7-9-3-2-5-14-6-4-10(12(9)14)11(8)13-17(15)16;/h7,13H,2-6H2,1H3,(H,15,16);/p-1. The maximum absolute atomic E-state index is 10.8. The molecule has 18 heavy (non-hydrogen) atoms. The second kappa shape index (κ2) is 5.57. The van der Waals surface area contributed by atoms with E-state index in [-0.39, 0.29) is 32.7 Å². The molecule has 95 valence electrons. The largest absolute Gasteiger partial charge is 0.755 e. The molecule has 0 saturated heterocycles. The molecule has 6 heteroatoms. The molecule has 0 aliphatic carbocycles. The fraction of sp³-hybridized carbons (Fsp3) is 0.500.